The molecule has 0 aromatic heterocycles. The van der Waals surface area contributed by atoms with Crippen LogP contribution in [0, 0.1) is 5.41 Å². The summed E-state index contributed by atoms with van der Waals surface area (Å²) in [4.78, 5) is 2.43. The van der Waals surface area contributed by atoms with Gasteiger partial charge in [-0.2, -0.15) is 0 Å². The lowest BCUT2D eigenvalue weighted by Crippen LogP contribution is -2.33. The van der Waals surface area contributed by atoms with Crippen molar-refractivity contribution < 1.29 is 4.74 Å². The lowest BCUT2D eigenvalue weighted by atomic mass is 9.88. The molecule has 1 heterocycles. The quantitative estimate of drug-likeness (QED) is 0.728. The molecule has 3 nitrogen and oxygen atoms in total. The molecule has 0 aliphatic carbocycles. The van der Waals surface area contributed by atoms with Crippen molar-refractivity contribution >= 4 is 0 Å². The van der Waals surface area contributed by atoms with Gasteiger partial charge >= 0.3 is 0 Å². The van der Waals surface area contributed by atoms with Crippen LogP contribution in [-0.4, -0.2) is 44.3 Å². The van der Waals surface area contributed by atoms with Crippen LogP contribution in [-0.2, 0) is 4.74 Å². The average Bonchev–Trinajstić information content (AvgIpc) is 2.70. The van der Waals surface area contributed by atoms with Gasteiger partial charge in [0.25, 0.3) is 0 Å². The lowest BCUT2D eigenvalue weighted by Gasteiger charge is -2.26. The van der Waals surface area contributed by atoms with Gasteiger partial charge in [-0.15, -0.1) is 0 Å². The van der Waals surface area contributed by atoms with Crippen LogP contribution in [0.15, 0.2) is 0 Å². The molecule has 0 amide bonds. The Morgan fingerprint density at radius 3 is 2.73 bits per heavy atom. The Kier molecular flexibility index (Phi) is 5.03. The largest absolute Gasteiger partial charge is 0.380 e. The normalized spacial score (nSPS) is 22.6. The van der Waals surface area contributed by atoms with Gasteiger partial charge in [0.05, 0.1) is 6.61 Å². The molecule has 0 radical (unpaired) electrons. The van der Waals surface area contributed by atoms with Gasteiger partial charge in [-0.1, -0.05) is 13.8 Å². The Morgan fingerprint density at radius 1 is 1.47 bits per heavy atom. The molecule has 2 N–H and O–H groups in total. The van der Waals surface area contributed by atoms with Crippen LogP contribution in [0.5, 0.6) is 0 Å². The van der Waals surface area contributed by atoms with E-state index in [2.05, 4.69) is 25.8 Å². The smallest absolute Gasteiger partial charge is 0.0622 e. The van der Waals surface area contributed by atoms with Crippen molar-refractivity contribution in [2.45, 2.75) is 39.2 Å². The molecule has 90 valence electrons. The van der Waals surface area contributed by atoms with E-state index in [1.165, 1.54) is 19.3 Å². The van der Waals surface area contributed by atoms with Crippen molar-refractivity contribution in [3.63, 3.8) is 0 Å². The third-order valence-electron chi connectivity index (χ3n) is 3.45. The van der Waals surface area contributed by atoms with E-state index in [4.69, 9.17) is 10.5 Å². The molecule has 1 rings (SSSR count). The highest BCUT2D eigenvalue weighted by Gasteiger charge is 2.21. The van der Waals surface area contributed by atoms with Crippen LogP contribution >= 0.6 is 0 Å². The minimum atomic E-state index is 0.299. The van der Waals surface area contributed by atoms with E-state index in [9.17, 15) is 0 Å². The number of nitrogens with zero attached hydrogens (tertiary/aromatic N) is 1. The second kappa shape index (κ2) is 5.83. The highest BCUT2D eigenvalue weighted by Crippen LogP contribution is 2.21. The molecular formula is C12H26N2O. The van der Waals surface area contributed by atoms with Gasteiger partial charge in [-0.25, -0.2) is 0 Å². The summed E-state index contributed by atoms with van der Waals surface area (Å²) >= 11 is 0. The first-order chi connectivity index (χ1) is 7.05. The third kappa shape index (κ3) is 4.49. The van der Waals surface area contributed by atoms with Crippen LogP contribution in [0.1, 0.15) is 33.1 Å². The van der Waals surface area contributed by atoms with E-state index >= 15 is 0 Å². The average molecular weight is 214 g/mol. The topological polar surface area (TPSA) is 38.5 Å². The van der Waals surface area contributed by atoms with E-state index in [0.717, 1.165) is 26.3 Å². The zero-order valence-electron chi connectivity index (χ0n) is 10.5. The van der Waals surface area contributed by atoms with Gasteiger partial charge in [0.15, 0.2) is 0 Å². The molecule has 0 spiro atoms. The molecule has 1 fully saturated rings. The minimum absolute atomic E-state index is 0.299. The van der Waals surface area contributed by atoms with E-state index in [0.29, 0.717) is 11.5 Å². The van der Waals surface area contributed by atoms with Crippen molar-refractivity contribution in [3.8, 4) is 0 Å². The number of nitrogens with two attached hydrogens (primary N) is 1. The molecular weight excluding hydrogens is 188 g/mol. The summed E-state index contributed by atoms with van der Waals surface area (Å²) < 4.78 is 5.38. The molecule has 0 saturated carbocycles. The highest BCUT2D eigenvalue weighted by molar-refractivity contribution is 4.74. The minimum Gasteiger partial charge on any atom is -0.380 e. The predicted octanol–water partition coefficient (Wildman–Crippen LogP) is 1.47. The first-order valence-electron chi connectivity index (χ1n) is 6.03. The monoisotopic (exact) mass is 214 g/mol. The Balaban J connectivity index is 2.13. The van der Waals surface area contributed by atoms with Gasteiger partial charge in [0, 0.05) is 12.6 Å². The number of ether oxygens (including phenoxy) is 1. The maximum absolute atomic E-state index is 5.71. The number of rotatable bonds is 6. The van der Waals surface area contributed by atoms with E-state index < -0.39 is 0 Å². The van der Waals surface area contributed by atoms with Crippen molar-refractivity contribution in [1.29, 1.82) is 0 Å². The van der Waals surface area contributed by atoms with Gasteiger partial charge in [0.2, 0.25) is 0 Å². The van der Waals surface area contributed by atoms with Crippen LogP contribution in [0.2, 0.25) is 0 Å². The SMILES string of the molecule is CN(CCCC(C)(C)CN)C1CCOC1. The third-order valence-corrected chi connectivity index (χ3v) is 3.45. The van der Waals surface area contributed by atoms with Crippen LogP contribution < -0.4 is 5.73 Å². The molecule has 15 heavy (non-hydrogen) atoms. The summed E-state index contributed by atoms with van der Waals surface area (Å²) in [5, 5.41) is 0. The fourth-order valence-corrected chi connectivity index (χ4v) is 1.96. The Hall–Kier alpha value is -0.120. The van der Waals surface area contributed by atoms with Crippen LogP contribution in [0.4, 0.5) is 0 Å². The van der Waals surface area contributed by atoms with Crippen LogP contribution in [0.3, 0.4) is 0 Å². The second-order valence-electron chi connectivity index (χ2n) is 5.47. The molecule has 1 aliphatic rings. The second-order valence-corrected chi connectivity index (χ2v) is 5.47. The maximum Gasteiger partial charge on any atom is 0.0622 e. The standard InChI is InChI=1S/C12H26N2O/c1-12(2,10-13)6-4-7-14(3)11-5-8-15-9-11/h11H,4-10,13H2,1-3H3. The molecule has 0 bridgehead atoms. The van der Waals surface area contributed by atoms with Crippen LogP contribution in [0.25, 0.3) is 0 Å². The first kappa shape index (κ1) is 12.9. The van der Waals surface area contributed by atoms with E-state index in [1.54, 1.807) is 0 Å². The summed E-state index contributed by atoms with van der Waals surface area (Å²) in [6, 6.07) is 0.644. The lowest BCUT2D eigenvalue weighted by molar-refractivity contribution is 0.155. The molecule has 0 aromatic rings. The van der Waals surface area contributed by atoms with Gasteiger partial charge < -0.3 is 15.4 Å². The Morgan fingerprint density at radius 2 is 2.20 bits per heavy atom. The number of hydrogen-bond acceptors (Lipinski definition) is 3. The van der Waals surface area contributed by atoms with Gasteiger partial charge in [-0.05, 0) is 44.8 Å². The predicted molar refractivity (Wildman–Crippen MR) is 63.9 cm³/mol. The molecule has 3 heteroatoms. The summed E-state index contributed by atoms with van der Waals surface area (Å²) in [6.45, 7) is 8.28. The Bertz CT molecular complexity index is 176. The van der Waals surface area contributed by atoms with Gasteiger partial charge in [-0.3, -0.25) is 0 Å². The van der Waals surface area contributed by atoms with E-state index in [-0.39, 0.29) is 0 Å². The van der Waals surface area contributed by atoms with Gasteiger partial charge in [0.1, 0.15) is 0 Å². The number of hydrogen-bond donors (Lipinski definition) is 1. The summed E-state index contributed by atoms with van der Waals surface area (Å²) in [7, 11) is 2.20. The summed E-state index contributed by atoms with van der Waals surface area (Å²) in [5.74, 6) is 0. The fraction of sp³-hybridized carbons (Fsp3) is 1.00. The van der Waals surface area contributed by atoms with Crippen molar-refractivity contribution in [2.24, 2.45) is 11.1 Å². The Labute approximate surface area is 94.0 Å². The zero-order chi connectivity index (χ0) is 11.3. The molecule has 1 aliphatic heterocycles. The molecule has 0 aromatic carbocycles. The number of likely N-dealkylation sites (N-methyl/N-ethyl adjacent to an activating group) is 1. The van der Waals surface area contributed by atoms with Crippen molar-refractivity contribution in [2.75, 3.05) is 33.4 Å². The van der Waals surface area contributed by atoms with E-state index in [1.807, 2.05) is 0 Å². The molecule has 1 atom stereocenters. The zero-order valence-corrected chi connectivity index (χ0v) is 10.5. The van der Waals surface area contributed by atoms with Crippen molar-refractivity contribution in [1.82, 2.24) is 4.90 Å². The summed E-state index contributed by atoms with van der Waals surface area (Å²) in [5.41, 5.74) is 6.01. The fourth-order valence-electron chi connectivity index (χ4n) is 1.96. The highest BCUT2D eigenvalue weighted by atomic mass is 16.5. The molecule has 1 saturated heterocycles. The molecule has 1 unspecified atom stereocenters. The first-order valence-corrected chi connectivity index (χ1v) is 6.03. The maximum atomic E-state index is 5.71. The summed E-state index contributed by atoms with van der Waals surface area (Å²) in [6.07, 6.45) is 3.63. The van der Waals surface area contributed by atoms with Crippen molar-refractivity contribution in [3.05, 3.63) is 0 Å².